The number of rotatable bonds is 10. The molecule has 0 amide bonds. The van der Waals surface area contributed by atoms with E-state index >= 15 is 0 Å². The second kappa shape index (κ2) is 14.1. The molecule has 0 saturated heterocycles. The first-order chi connectivity index (χ1) is 13.2. The molecule has 0 unspecified atom stereocenters. The molecule has 6 nitrogen and oxygen atoms in total. The second-order valence-corrected chi connectivity index (χ2v) is 5.89. The Kier molecular flexibility index (Phi) is 12.1. The molecule has 0 bridgehead atoms. The predicted molar refractivity (Wildman–Crippen MR) is 124 cm³/mol. The van der Waals surface area contributed by atoms with Crippen molar-refractivity contribution in [2.45, 2.75) is 20.0 Å². The van der Waals surface area contributed by atoms with Crippen LogP contribution in [0.4, 0.5) is 0 Å². The maximum Gasteiger partial charge on any atom is 0.191 e. The minimum atomic E-state index is 0. The van der Waals surface area contributed by atoms with E-state index in [1.165, 1.54) is 0 Å². The third-order valence-electron chi connectivity index (χ3n) is 3.84. The molecule has 0 fully saturated rings. The number of nitrogens with one attached hydrogen (secondary N) is 2. The lowest BCUT2D eigenvalue weighted by atomic mass is 10.2. The largest absolute Gasteiger partial charge is 0.497 e. The van der Waals surface area contributed by atoms with Gasteiger partial charge in [-0.15, -0.1) is 24.0 Å². The zero-order chi connectivity index (χ0) is 19.3. The summed E-state index contributed by atoms with van der Waals surface area (Å²) in [5, 5.41) is 6.62. The molecule has 154 valence electrons. The molecule has 0 atom stereocenters. The fourth-order valence-electron chi connectivity index (χ4n) is 2.42. The number of aliphatic imine (C=N–C) groups is 1. The molecule has 7 heteroatoms. The quantitative estimate of drug-likeness (QED) is 0.227. The Bertz CT molecular complexity index is 708. The van der Waals surface area contributed by atoms with Crippen molar-refractivity contribution in [2.24, 2.45) is 4.99 Å². The van der Waals surface area contributed by atoms with Gasteiger partial charge in [-0.25, -0.2) is 4.99 Å². The average Bonchev–Trinajstić information content (AvgIpc) is 2.71. The Labute approximate surface area is 184 Å². The summed E-state index contributed by atoms with van der Waals surface area (Å²) in [5.41, 5.74) is 2.25. The van der Waals surface area contributed by atoms with Gasteiger partial charge in [0, 0.05) is 20.2 Å². The summed E-state index contributed by atoms with van der Waals surface area (Å²) in [5.74, 6) is 2.46. The minimum Gasteiger partial charge on any atom is -0.497 e. The fourth-order valence-corrected chi connectivity index (χ4v) is 2.42. The van der Waals surface area contributed by atoms with Crippen LogP contribution in [0.5, 0.6) is 11.5 Å². The first-order valence-electron chi connectivity index (χ1n) is 9.11. The summed E-state index contributed by atoms with van der Waals surface area (Å²) >= 11 is 0. The van der Waals surface area contributed by atoms with Crippen molar-refractivity contribution in [1.29, 1.82) is 0 Å². The van der Waals surface area contributed by atoms with Crippen LogP contribution < -0.4 is 20.1 Å². The predicted octanol–water partition coefficient (Wildman–Crippen LogP) is 3.59. The smallest absolute Gasteiger partial charge is 0.191 e. The van der Waals surface area contributed by atoms with E-state index in [-0.39, 0.29) is 24.0 Å². The zero-order valence-corrected chi connectivity index (χ0v) is 19.1. The van der Waals surface area contributed by atoms with Crippen LogP contribution >= 0.6 is 24.0 Å². The lowest BCUT2D eigenvalue weighted by molar-refractivity contribution is 0.146. The highest BCUT2D eigenvalue weighted by Crippen LogP contribution is 2.14. The molecular formula is C21H30IN3O3. The Morgan fingerprint density at radius 2 is 1.71 bits per heavy atom. The minimum absolute atomic E-state index is 0. The normalized spacial score (nSPS) is 10.8. The van der Waals surface area contributed by atoms with Crippen molar-refractivity contribution in [3.63, 3.8) is 0 Å². The van der Waals surface area contributed by atoms with Crippen LogP contribution in [0.25, 0.3) is 0 Å². The highest BCUT2D eigenvalue weighted by molar-refractivity contribution is 14.0. The third-order valence-corrected chi connectivity index (χ3v) is 3.84. The third kappa shape index (κ3) is 8.79. The highest BCUT2D eigenvalue weighted by Gasteiger charge is 2.01. The number of guanidine groups is 1. The number of halogens is 1. The summed E-state index contributed by atoms with van der Waals surface area (Å²) in [7, 11) is 3.33. The zero-order valence-electron chi connectivity index (χ0n) is 16.7. The number of hydrogen-bond donors (Lipinski definition) is 2. The molecule has 2 rings (SSSR count). The van der Waals surface area contributed by atoms with E-state index in [1.807, 2.05) is 48.5 Å². The molecule has 2 aromatic rings. The maximum absolute atomic E-state index is 5.65. The molecule has 0 heterocycles. The molecule has 0 aromatic heterocycles. The SMILES string of the molecule is CCNC(=NCc1cccc(OCCOC)c1)NCc1ccc(OC)cc1.I. The van der Waals surface area contributed by atoms with Crippen molar-refractivity contribution in [1.82, 2.24) is 10.6 Å². The van der Waals surface area contributed by atoms with E-state index in [2.05, 4.69) is 22.5 Å². The standard InChI is InChI=1S/C21H29N3O3.HI/c1-4-22-21(23-15-17-8-10-19(26-3)11-9-17)24-16-18-6-5-7-20(14-18)27-13-12-25-2;/h5-11,14H,4,12-13,15-16H2,1-3H3,(H2,22,23,24);1H. The molecule has 0 saturated carbocycles. The van der Waals surface area contributed by atoms with Gasteiger partial charge in [0.1, 0.15) is 18.1 Å². The Morgan fingerprint density at radius 3 is 2.39 bits per heavy atom. The van der Waals surface area contributed by atoms with E-state index < -0.39 is 0 Å². The second-order valence-electron chi connectivity index (χ2n) is 5.89. The van der Waals surface area contributed by atoms with Crippen LogP contribution in [-0.4, -0.2) is 39.9 Å². The molecule has 0 radical (unpaired) electrons. The van der Waals surface area contributed by atoms with Crippen LogP contribution in [0, 0.1) is 0 Å². The van der Waals surface area contributed by atoms with Crippen LogP contribution in [0.15, 0.2) is 53.5 Å². The summed E-state index contributed by atoms with van der Waals surface area (Å²) in [6.45, 7) is 5.22. The van der Waals surface area contributed by atoms with Gasteiger partial charge in [-0.1, -0.05) is 24.3 Å². The van der Waals surface area contributed by atoms with Gasteiger partial charge in [-0.3, -0.25) is 0 Å². The lowest BCUT2D eigenvalue weighted by Gasteiger charge is -2.12. The molecule has 0 aliphatic heterocycles. The molecule has 0 aliphatic carbocycles. The number of methoxy groups -OCH3 is 2. The number of benzene rings is 2. The van der Waals surface area contributed by atoms with Gasteiger partial charge >= 0.3 is 0 Å². The van der Waals surface area contributed by atoms with Gasteiger partial charge in [0.25, 0.3) is 0 Å². The first-order valence-corrected chi connectivity index (χ1v) is 9.11. The highest BCUT2D eigenvalue weighted by atomic mass is 127. The van der Waals surface area contributed by atoms with Crippen molar-refractivity contribution >= 4 is 29.9 Å². The van der Waals surface area contributed by atoms with E-state index in [4.69, 9.17) is 14.2 Å². The lowest BCUT2D eigenvalue weighted by Crippen LogP contribution is -2.36. The number of ether oxygens (including phenoxy) is 3. The molecule has 2 aromatic carbocycles. The first kappa shape index (κ1) is 24.0. The Balaban J connectivity index is 0.00000392. The van der Waals surface area contributed by atoms with E-state index in [0.29, 0.717) is 26.3 Å². The summed E-state index contributed by atoms with van der Waals surface area (Å²) in [6.07, 6.45) is 0. The van der Waals surface area contributed by atoms with Gasteiger partial charge in [0.15, 0.2) is 5.96 Å². The van der Waals surface area contributed by atoms with Gasteiger partial charge in [0.2, 0.25) is 0 Å². The fraction of sp³-hybridized carbons (Fsp3) is 0.381. The molecule has 0 spiro atoms. The van der Waals surface area contributed by atoms with Gasteiger partial charge in [-0.05, 0) is 42.3 Å². The van der Waals surface area contributed by atoms with Gasteiger partial charge < -0.3 is 24.8 Å². The maximum atomic E-state index is 5.65. The molecular weight excluding hydrogens is 469 g/mol. The molecule has 2 N–H and O–H groups in total. The number of hydrogen-bond acceptors (Lipinski definition) is 4. The van der Waals surface area contributed by atoms with E-state index in [0.717, 1.165) is 35.1 Å². The van der Waals surface area contributed by atoms with Crippen LogP contribution in [0.3, 0.4) is 0 Å². The average molecular weight is 499 g/mol. The van der Waals surface area contributed by atoms with Gasteiger partial charge in [-0.2, -0.15) is 0 Å². The van der Waals surface area contributed by atoms with Gasteiger partial charge in [0.05, 0.1) is 20.3 Å². The summed E-state index contributed by atoms with van der Waals surface area (Å²) < 4.78 is 15.8. The van der Waals surface area contributed by atoms with E-state index in [9.17, 15) is 0 Å². The van der Waals surface area contributed by atoms with Crippen LogP contribution in [0.2, 0.25) is 0 Å². The molecule has 0 aliphatic rings. The van der Waals surface area contributed by atoms with E-state index in [1.54, 1.807) is 14.2 Å². The van der Waals surface area contributed by atoms with Crippen LogP contribution in [-0.2, 0) is 17.8 Å². The van der Waals surface area contributed by atoms with Crippen molar-refractivity contribution in [2.75, 3.05) is 34.0 Å². The Hall–Kier alpha value is -2.00. The number of nitrogens with zero attached hydrogens (tertiary/aromatic N) is 1. The summed E-state index contributed by atoms with van der Waals surface area (Å²) in [4.78, 5) is 4.66. The van der Waals surface area contributed by atoms with Crippen molar-refractivity contribution in [3.8, 4) is 11.5 Å². The monoisotopic (exact) mass is 499 g/mol. The van der Waals surface area contributed by atoms with Crippen molar-refractivity contribution < 1.29 is 14.2 Å². The Morgan fingerprint density at radius 1 is 0.929 bits per heavy atom. The summed E-state index contributed by atoms with van der Waals surface area (Å²) in [6, 6.07) is 15.9. The van der Waals surface area contributed by atoms with Crippen LogP contribution in [0.1, 0.15) is 18.1 Å². The topological polar surface area (TPSA) is 64.1 Å². The molecule has 28 heavy (non-hydrogen) atoms. The van der Waals surface area contributed by atoms with Crippen molar-refractivity contribution in [3.05, 3.63) is 59.7 Å².